The number of nitrogens with one attached hydrogen (secondary N) is 1. The highest BCUT2D eigenvalue weighted by Gasteiger charge is 2.42. The molecule has 4 nitrogen and oxygen atoms in total. The van der Waals surface area contributed by atoms with E-state index in [1.165, 1.54) is 12.1 Å². The van der Waals surface area contributed by atoms with Crippen LogP contribution in [0, 0.1) is 12.7 Å². The lowest BCUT2D eigenvalue weighted by Crippen LogP contribution is -2.29. The summed E-state index contributed by atoms with van der Waals surface area (Å²) in [4.78, 5) is 6.48. The molecular weight excluding hydrogens is 445 g/mol. The molecule has 1 saturated heterocycles. The SMILES string of the molecule is Cc1ccc(Cl)cc1-c1ccc(C2C(c3ccccn3)NC(=S)N2c2ccc(F)cc2)o1. The van der Waals surface area contributed by atoms with Gasteiger partial charge in [-0.15, -0.1) is 0 Å². The van der Waals surface area contributed by atoms with Crippen LogP contribution in [-0.4, -0.2) is 10.1 Å². The second kappa shape index (κ2) is 8.37. The lowest BCUT2D eigenvalue weighted by atomic mass is 10.0. The van der Waals surface area contributed by atoms with Crippen molar-refractivity contribution in [1.82, 2.24) is 10.3 Å². The van der Waals surface area contributed by atoms with Gasteiger partial charge in [0, 0.05) is 22.5 Å². The molecule has 0 aliphatic carbocycles. The summed E-state index contributed by atoms with van der Waals surface area (Å²) < 4.78 is 20.0. The molecule has 0 saturated carbocycles. The molecule has 2 aromatic carbocycles. The first-order valence-corrected chi connectivity index (χ1v) is 10.9. The third kappa shape index (κ3) is 3.76. The maximum atomic E-state index is 13.6. The Balaban J connectivity index is 1.61. The number of aryl methyl sites for hydroxylation is 1. The van der Waals surface area contributed by atoms with E-state index < -0.39 is 0 Å². The minimum Gasteiger partial charge on any atom is -0.459 e. The van der Waals surface area contributed by atoms with Crippen molar-refractivity contribution in [3.8, 4) is 11.3 Å². The monoisotopic (exact) mass is 463 g/mol. The van der Waals surface area contributed by atoms with Crippen LogP contribution in [0.3, 0.4) is 0 Å². The van der Waals surface area contributed by atoms with E-state index in [1.54, 1.807) is 18.3 Å². The summed E-state index contributed by atoms with van der Waals surface area (Å²) in [6.45, 7) is 2.02. The van der Waals surface area contributed by atoms with Crippen molar-refractivity contribution < 1.29 is 8.81 Å². The number of nitrogens with zero attached hydrogens (tertiary/aromatic N) is 2. The minimum atomic E-state index is -0.309. The van der Waals surface area contributed by atoms with Crippen molar-refractivity contribution in [2.45, 2.75) is 19.0 Å². The van der Waals surface area contributed by atoms with E-state index in [9.17, 15) is 4.39 Å². The molecule has 1 aliphatic rings. The van der Waals surface area contributed by atoms with Gasteiger partial charge in [0.2, 0.25) is 0 Å². The number of halogens is 2. The molecule has 1 fully saturated rings. The standard InChI is InChI=1S/C25H19ClFN3OS/c1-15-5-6-16(26)14-19(15)21-11-12-22(31-21)24-23(20-4-2-3-13-28-20)29-25(32)30(24)18-9-7-17(27)8-10-18/h2-14,23-24H,1H3,(H,29,32). The molecule has 160 valence electrons. The van der Waals surface area contributed by atoms with E-state index >= 15 is 0 Å². The lowest BCUT2D eigenvalue weighted by Gasteiger charge is -2.26. The van der Waals surface area contributed by atoms with Crippen molar-refractivity contribution in [3.63, 3.8) is 0 Å². The Kier molecular flexibility index (Phi) is 5.41. The van der Waals surface area contributed by atoms with E-state index in [1.807, 2.05) is 60.4 Å². The van der Waals surface area contributed by atoms with Crippen molar-refractivity contribution in [2.24, 2.45) is 0 Å². The number of hydrogen-bond acceptors (Lipinski definition) is 3. The molecular formula is C25H19ClFN3OS. The normalized spacial score (nSPS) is 18.1. The van der Waals surface area contributed by atoms with Gasteiger partial charge in [-0.2, -0.15) is 0 Å². The Bertz CT molecular complexity index is 1280. The molecule has 5 rings (SSSR count). The number of aromatic nitrogens is 1. The summed E-state index contributed by atoms with van der Waals surface area (Å²) in [7, 11) is 0. The van der Waals surface area contributed by atoms with Gasteiger partial charge in [-0.3, -0.25) is 4.98 Å². The molecule has 0 radical (unpaired) electrons. The van der Waals surface area contributed by atoms with Gasteiger partial charge in [-0.1, -0.05) is 23.7 Å². The van der Waals surface area contributed by atoms with Crippen molar-refractivity contribution in [2.75, 3.05) is 4.90 Å². The van der Waals surface area contributed by atoms with E-state index in [4.69, 9.17) is 28.2 Å². The van der Waals surface area contributed by atoms with Crippen LogP contribution in [0.5, 0.6) is 0 Å². The number of hydrogen-bond donors (Lipinski definition) is 1. The maximum Gasteiger partial charge on any atom is 0.174 e. The number of anilines is 1. The molecule has 0 amide bonds. The summed E-state index contributed by atoms with van der Waals surface area (Å²) in [6, 6.07) is 21.1. The molecule has 0 spiro atoms. The van der Waals surface area contributed by atoms with Crippen LogP contribution in [0.4, 0.5) is 10.1 Å². The molecule has 2 aromatic heterocycles. The van der Waals surface area contributed by atoms with Gasteiger partial charge < -0.3 is 14.6 Å². The van der Waals surface area contributed by atoms with E-state index in [-0.39, 0.29) is 17.9 Å². The number of thiocarbonyl (C=S) groups is 1. The minimum absolute atomic E-state index is 0.242. The first-order valence-electron chi connectivity index (χ1n) is 10.1. The van der Waals surface area contributed by atoms with Gasteiger partial charge in [0.1, 0.15) is 23.4 Å². The predicted molar refractivity (Wildman–Crippen MR) is 128 cm³/mol. The van der Waals surface area contributed by atoms with Gasteiger partial charge in [0.25, 0.3) is 0 Å². The van der Waals surface area contributed by atoms with Crippen molar-refractivity contribution in [1.29, 1.82) is 0 Å². The fourth-order valence-corrected chi connectivity index (χ4v) is 4.56. The van der Waals surface area contributed by atoms with Crippen LogP contribution >= 0.6 is 23.8 Å². The Morgan fingerprint density at radius 3 is 2.62 bits per heavy atom. The lowest BCUT2D eigenvalue weighted by molar-refractivity contribution is 0.439. The van der Waals surface area contributed by atoms with E-state index in [2.05, 4.69) is 10.3 Å². The van der Waals surface area contributed by atoms with Crippen molar-refractivity contribution in [3.05, 3.63) is 107 Å². The van der Waals surface area contributed by atoms with Crippen LogP contribution < -0.4 is 10.2 Å². The molecule has 4 aromatic rings. The molecule has 1 aliphatic heterocycles. The molecule has 7 heteroatoms. The topological polar surface area (TPSA) is 41.3 Å². The van der Waals surface area contributed by atoms with Gasteiger partial charge in [0.05, 0.1) is 11.7 Å². The van der Waals surface area contributed by atoms with E-state index in [0.29, 0.717) is 15.9 Å². The average Bonchev–Trinajstić information content (AvgIpc) is 3.41. The third-order valence-corrected chi connectivity index (χ3v) is 6.14. The van der Waals surface area contributed by atoms with Crippen LogP contribution in [0.25, 0.3) is 11.3 Å². The Morgan fingerprint density at radius 2 is 1.88 bits per heavy atom. The smallest absolute Gasteiger partial charge is 0.174 e. The third-order valence-electron chi connectivity index (χ3n) is 5.59. The summed E-state index contributed by atoms with van der Waals surface area (Å²) in [5.74, 6) is 1.13. The zero-order chi connectivity index (χ0) is 22.2. The highest BCUT2D eigenvalue weighted by atomic mass is 35.5. The quantitative estimate of drug-likeness (QED) is 0.344. The summed E-state index contributed by atoms with van der Waals surface area (Å²) in [5, 5.41) is 4.54. The highest BCUT2D eigenvalue weighted by Crippen LogP contribution is 2.43. The van der Waals surface area contributed by atoms with Crippen LogP contribution in [-0.2, 0) is 0 Å². The van der Waals surface area contributed by atoms with Crippen molar-refractivity contribution >= 4 is 34.6 Å². The average molecular weight is 464 g/mol. The number of pyridine rings is 1. The van der Waals surface area contributed by atoms with Gasteiger partial charge in [-0.05, 0) is 85.4 Å². The molecule has 3 heterocycles. The Morgan fingerprint density at radius 1 is 1.06 bits per heavy atom. The fourth-order valence-electron chi connectivity index (χ4n) is 4.04. The van der Waals surface area contributed by atoms with Gasteiger partial charge >= 0.3 is 0 Å². The van der Waals surface area contributed by atoms with Gasteiger partial charge in [0.15, 0.2) is 5.11 Å². The highest BCUT2D eigenvalue weighted by molar-refractivity contribution is 7.80. The predicted octanol–water partition coefficient (Wildman–Crippen LogP) is 6.62. The molecule has 1 N–H and O–H groups in total. The van der Waals surface area contributed by atoms with Crippen LogP contribution in [0.15, 0.2) is 83.4 Å². The molecule has 0 bridgehead atoms. The van der Waals surface area contributed by atoms with E-state index in [0.717, 1.165) is 28.3 Å². The largest absolute Gasteiger partial charge is 0.459 e. The molecule has 2 atom stereocenters. The number of rotatable bonds is 4. The zero-order valence-corrected chi connectivity index (χ0v) is 18.7. The molecule has 2 unspecified atom stereocenters. The maximum absolute atomic E-state index is 13.6. The van der Waals surface area contributed by atoms with Gasteiger partial charge in [-0.25, -0.2) is 4.39 Å². The Labute approximate surface area is 195 Å². The van der Waals surface area contributed by atoms with Crippen LogP contribution in [0.2, 0.25) is 5.02 Å². The van der Waals surface area contributed by atoms with Crippen LogP contribution in [0.1, 0.15) is 29.1 Å². The summed E-state index contributed by atoms with van der Waals surface area (Å²) in [6.07, 6.45) is 1.75. The second-order valence-corrected chi connectivity index (χ2v) is 8.46. The fraction of sp³-hybridized carbons (Fsp3) is 0.120. The molecule has 32 heavy (non-hydrogen) atoms. The summed E-state index contributed by atoms with van der Waals surface area (Å²) >= 11 is 11.9. The first-order chi connectivity index (χ1) is 15.5. The Hall–Kier alpha value is -3.22. The first kappa shape index (κ1) is 20.7. The number of furan rings is 1. The summed E-state index contributed by atoms with van der Waals surface area (Å²) in [5.41, 5.74) is 3.60. The number of benzene rings is 2. The second-order valence-electron chi connectivity index (χ2n) is 7.63. The zero-order valence-electron chi connectivity index (χ0n) is 17.1.